The van der Waals surface area contributed by atoms with Gasteiger partial charge in [-0.05, 0) is 12.8 Å². The van der Waals surface area contributed by atoms with Gasteiger partial charge in [0.2, 0.25) is 11.8 Å². The van der Waals surface area contributed by atoms with Gasteiger partial charge >= 0.3 is 12.2 Å². The molecule has 2 aliphatic rings. The van der Waals surface area contributed by atoms with Gasteiger partial charge in [-0.2, -0.15) is 18.2 Å². The molecule has 1 aromatic heterocycles. The largest absolute Gasteiger partial charge is 0.455 e. The van der Waals surface area contributed by atoms with E-state index in [4.69, 9.17) is 0 Å². The first-order valence-electron chi connectivity index (χ1n) is 7.06. The smallest absolute Gasteiger partial charge is 0.338 e. The first-order valence-corrected chi connectivity index (χ1v) is 7.06. The second-order valence-electron chi connectivity index (χ2n) is 5.51. The second-order valence-corrected chi connectivity index (χ2v) is 5.51. The number of urea groups is 1. The predicted octanol–water partition coefficient (Wildman–Crippen LogP) is 0.651. The maximum atomic E-state index is 12.3. The number of hydrogen-bond acceptors (Lipinski definition) is 5. The van der Waals surface area contributed by atoms with Crippen LogP contribution in [-0.4, -0.2) is 45.6 Å². The monoisotopic (exact) mass is 333 g/mol. The Morgan fingerprint density at radius 2 is 2.13 bits per heavy atom. The van der Waals surface area contributed by atoms with Crippen LogP contribution < -0.4 is 10.6 Å². The van der Waals surface area contributed by atoms with Crippen molar-refractivity contribution >= 4 is 11.9 Å². The zero-order valence-electron chi connectivity index (χ0n) is 11.9. The van der Waals surface area contributed by atoms with E-state index in [0.29, 0.717) is 6.54 Å². The highest BCUT2D eigenvalue weighted by molar-refractivity contribution is 5.82. The van der Waals surface area contributed by atoms with Gasteiger partial charge in [-0.1, -0.05) is 5.16 Å². The molecule has 0 radical (unpaired) electrons. The lowest BCUT2D eigenvalue weighted by atomic mass is 10.3. The molecule has 2 fully saturated rings. The molecule has 1 aliphatic carbocycles. The Morgan fingerprint density at radius 3 is 2.74 bits per heavy atom. The minimum absolute atomic E-state index is 0.00419. The van der Waals surface area contributed by atoms with Crippen LogP contribution >= 0.6 is 0 Å². The summed E-state index contributed by atoms with van der Waals surface area (Å²) in [6.07, 6.45) is -2.49. The fourth-order valence-corrected chi connectivity index (χ4v) is 2.40. The second kappa shape index (κ2) is 5.70. The Morgan fingerprint density at radius 1 is 1.39 bits per heavy atom. The molecule has 23 heavy (non-hydrogen) atoms. The number of hydrogen-bond donors (Lipinski definition) is 2. The van der Waals surface area contributed by atoms with Gasteiger partial charge in [-0.25, -0.2) is 4.79 Å². The minimum atomic E-state index is -4.69. The van der Waals surface area contributed by atoms with Gasteiger partial charge in [0.25, 0.3) is 5.82 Å². The van der Waals surface area contributed by atoms with Crippen molar-refractivity contribution in [3.8, 4) is 0 Å². The van der Waals surface area contributed by atoms with E-state index < -0.39 is 18.0 Å². The molecular weight excluding hydrogens is 319 g/mol. The van der Waals surface area contributed by atoms with Gasteiger partial charge in [-0.15, -0.1) is 0 Å². The number of nitrogens with one attached hydrogen (secondary N) is 2. The number of amides is 3. The Kier molecular flexibility index (Phi) is 3.86. The lowest BCUT2D eigenvalue weighted by Gasteiger charge is -2.16. The molecular formula is C12H14F3N5O3. The van der Waals surface area contributed by atoms with Crippen molar-refractivity contribution in [2.45, 2.75) is 44.1 Å². The summed E-state index contributed by atoms with van der Waals surface area (Å²) in [6, 6.07) is -0.625. The van der Waals surface area contributed by atoms with Crippen LogP contribution in [0.25, 0.3) is 0 Å². The lowest BCUT2D eigenvalue weighted by Crippen LogP contribution is -2.43. The molecule has 2 N–H and O–H groups in total. The van der Waals surface area contributed by atoms with Crippen LogP contribution in [-0.2, 0) is 17.5 Å². The molecule has 0 bridgehead atoms. The number of likely N-dealkylation sites (tertiary alicyclic amines) is 1. The van der Waals surface area contributed by atoms with E-state index in [2.05, 4.69) is 25.3 Å². The van der Waals surface area contributed by atoms with Crippen molar-refractivity contribution in [3.05, 3.63) is 11.7 Å². The van der Waals surface area contributed by atoms with E-state index in [1.165, 1.54) is 0 Å². The zero-order valence-corrected chi connectivity index (χ0v) is 11.9. The van der Waals surface area contributed by atoms with E-state index in [-0.39, 0.29) is 36.8 Å². The minimum Gasteiger partial charge on any atom is -0.338 e. The fraction of sp³-hybridized carbons (Fsp3) is 0.667. The van der Waals surface area contributed by atoms with Gasteiger partial charge in [-0.3, -0.25) is 4.79 Å². The molecule has 8 nitrogen and oxygen atoms in total. The third kappa shape index (κ3) is 3.71. The Balaban J connectivity index is 1.45. The SMILES string of the molecule is O=C(NCc1nc(C(F)(F)F)no1)NC1CC(=O)N(C2CC2)C1. The van der Waals surface area contributed by atoms with Crippen molar-refractivity contribution < 1.29 is 27.3 Å². The summed E-state index contributed by atoms with van der Waals surface area (Å²) in [5.74, 6) is -1.74. The standard InChI is InChI=1S/C12H14F3N5O3/c13-12(14,15)10-18-8(23-19-10)4-16-11(22)17-6-3-9(21)20(5-6)7-1-2-7/h6-7H,1-5H2,(H2,16,17,22). The molecule has 1 aromatic rings. The van der Waals surface area contributed by atoms with E-state index in [1.54, 1.807) is 4.90 Å². The van der Waals surface area contributed by atoms with Crippen molar-refractivity contribution in [2.24, 2.45) is 0 Å². The molecule has 3 rings (SSSR count). The van der Waals surface area contributed by atoms with Crippen LogP contribution in [0.1, 0.15) is 31.0 Å². The maximum absolute atomic E-state index is 12.3. The van der Waals surface area contributed by atoms with E-state index in [0.717, 1.165) is 12.8 Å². The average Bonchev–Trinajstić information content (AvgIpc) is 3.05. The van der Waals surface area contributed by atoms with E-state index in [1.807, 2.05) is 0 Å². The van der Waals surface area contributed by atoms with Crippen LogP contribution in [0.3, 0.4) is 0 Å². The molecule has 0 spiro atoms. The van der Waals surface area contributed by atoms with Gasteiger partial charge in [0.05, 0.1) is 12.6 Å². The topological polar surface area (TPSA) is 100 Å². The van der Waals surface area contributed by atoms with Crippen LogP contribution in [0.4, 0.5) is 18.0 Å². The van der Waals surface area contributed by atoms with Crippen molar-refractivity contribution in [1.29, 1.82) is 0 Å². The third-order valence-corrected chi connectivity index (χ3v) is 3.60. The number of aromatic nitrogens is 2. The highest BCUT2D eigenvalue weighted by Crippen LogP contribution is 2.30. The summed E-state index contributed by atoms with van der Waals surface area (Å²) >= 11 is 0. The molecule has 3 amide bonds. The first-order chi connectivity index (χ1) is 10.8. The number of alkyl halides is 3. The van der Waals surface area contributed by atoms with Crippen molar-refractivity contribution in [3.63, 3.8) is 0 Å². The summed E-state index contributed by atoms with van der Waals surface area (Å²) in [6.45, 7) is 0.123. The molecule has 1 saturated carbocycles. The molecule has 126 valence electrons. The van der Waals surface area contributed by atoms with Crippen molar-refractivity contribution in [2.75, 3.05) is 6.54 Å². The number of carbonyl (C=O) groups is 2. The molecule has 2 heterocycles. The first kappa shape index (κ1) is 15.6. The molecule has 0 aromatic carbocycles. The summed E-state index contributed by atoms with van der Waals surface area (Å²) < 4.78 is 41.3. The molecule has 1 unspecified atom stereocenters. The van der Waals surface area contributed by atoms with E-state index in [9.17, 15) is 22.8 Å². The van der Waals surface area contributed by atoms with Crippen LogP contribution in [0, 0.1) is 0 Å². The maximum Gasteiger partial charge on any atom is 0.455 e. The van der Waals surface area contributed by atoms with Crippen LogP contribution in [0.2, 0.25) is 0 Å². The van der Waals surface area contributed by atoms with Crippen molar-refractivity contribution in [1.82, 2.24) is 25.7 Å². The molecule has 1 aliphatic heterocycles. The van der Waals surface area contributed by atoms with Gasteiger partial charge in [0.15, 0.2) is 0 Å². The van der Waals surface area contributed by atoms with Gasteiger partial charge < -0.3 is 20.1 Å². The van der Waals surface area contributed by atoms with Gasteiger partial charge in [0.1, 0.15) is 0 Å². The molecule has 1 atom stereocenters. The van der Waals surface area contributed by atoms with E-state index >= 15 is 0 Å². The summed E-state index contributed by atoms with van der Waals surface area (Å²) in [4.78, 5) is 28.3. The summed E-state index contributed by atoms with van der Waals surface area (Å²) in [5, 5.41) is 7.71. The van der Waals surface area contributed by atoms with Crippen LogP contribution in [0.15, 0.2) is 4.52 Å². The quantitative estimate of drug-likeness (QED) is 0.843. The zero-order chi connectivity index (χ0) is 16.6. The van der Waals surface area contributed by atoms with Crippen LogP contribution in [0.5, 0.6) is 0 Å². The predicted molar refractivity (Wildman–Crippen MR) is 67.8 cm³/mol. The third-order valence-electron chi connectivity index (χ3n) is 3.60. The molecule has 11 heteroatoms. The highest BCUT2D eigenvalue weighted by Gasteiger charge is 2.40. The number of halogens is 3. The Bertz CT molecular complexity index is 613. The fourth-order valence-electron chi connectivity index (χ4n) is 2.40. The number of nitrogens with zero attached hydrogens (tertiary/aromatic N) is 3. The highest BCUT2D eigenvalue weighted by atomic mass is 19.4. The summed E-state index contributed by atoms with van der Waals surface area (Å²) in [7, 11) is 0. The summed E-state index contributed by atoms with van der Waals surface area (Å²) in [5.41, 5.74) is 0. The van der Waals surface area contributed by atoms with Gasteiger partial charge in [0, 0.05) is 19.0 Å². The molecule has 1 saturated heterocycles. The number of carbonyl (C=O) groups excluding carboxylic acids is 2. The Hall–Kier alpha value is -2.33. The lowest BCUT2D eigenvalue weighted by molar-refractivity contribution is -0.146. The average molecular weight is 333 g/mol. The normalized spacial score (nSPS) is 21.6. The Labute approximate surface area is 128 Å². The number of rotatable bonds is 4.